The zero-order valence-electron chi connectivity index (χ0n) is 13.1. The lowest BCUT2D eigenvalue weighted by Gasteiger charge is -2.27. The van der Waals surface area contributed by atoms with Crippen molar-refractivity contribution in [3.8, 4) is 0 Å². The monoisotopic (exact) mass is 344 g/mol. The zero-order chi connectivity index (χ0) is 16.5. The molecular formula is C17H17ClN4O2. The molecule has 1 saturated heterocycles. The van der Waals surface area contributed by atoms with E-state index in [0.29, 0.717) is 36.4 Å². The molecule has 24 heavy (non-hydrogen) atoms. The second-order valence-electron chi connectivity index (χ2n) is 5.77. The van der Waals surface area contributed by atoms with Crippen LogP contribution in [0.5, 0.6) is 0 Å². The first-order valence-corrected chi connectivity index (χ1v) is 8.24. The average Bonchev–Trinajstić information content (AvgIpc) is 3.01. The Morgan fingerprint density at radius 1 is 1.12 bits per heavy atom. The summed E-state index contributed by atoms with van der Waals surface area (Å²) in [5.74, 6) is 1.35. The Morgan fingerprint density at radius 2 is 1.88 bits per heavy atom. The lowest BCUT2D eigenvalue weighted by Crippen LogP contribution is -2.37. The fraction of sp³-hybridized carbons (Fsp3) is 0.294. The van der Waals surface area contributed by atoms with E-state index in [-0.39, 0.29) is 5.56 Å². The van der Waals surface area contributed by atoms with Gasteiger partial charge in [0, 0.05) is 36.6 Å². The maximum Gasteiger partial charge on any atom is 0.261 e. The van der Waals surface area contributed by atoms with Gasteiger partial charge >= 0.3 is 0 Å². The van der Waals surface area contributed by atoms with Gasteiger partial charge in [0.2, 0.25) is 5.78 Å². The van der Waals surface area contributed by atoms with E-state index in [1.54, 1.807) is 16.7 Å². The number of morpholine rings is 1. The van der Waals surface area contributed by atoms with E-state index in [0.717, 1.165) is 18.7 Å². The first kappa shape index (κ1) is 15.2. The number of hydrogen-bond acceptors (Lipinski definition) is 4. The summed E-state index contributed by atoms with van der Waals surface area (Å²) in [4.78, 5) is 19.2. The van der Waals surface area contributed by atoms with Crippen molar-refractivity contribution in [3.63, 3.8) is 0 Å². The third-order valence-electron chi connectivity index (χ3n) is 4.17. The van der Waals surface area contributed by atoms with Gasteiger partial charge in [0.05, 0.1) is 19.8 Å². The molecule has 0 N–H and O–H groups in total. The van der Waals surface area contributed by atoms with Crippen LogP contribution in [0.4, 0.5) is 5.82 Å². The van der Waals surface area contributed by atoms with Crippen molar-refractivity contribution in [1.29, 1.82) is 0 Å². The van der Waals surface area contributed by atoms with E-state index in [9.17, 15) is 4.79 Å². The zero-order valence-corrected chi connectivity index (χ0v) is 13.8. The van der Waals surface area contributed by atoms with Crippen LogP contribution in [0.3, 0.4) is 0 Å². The van der Waals surface area contributed by atoms with Crippen LogP contribution in [-0.4, -0.2) is 40.3 Å². The number of halogens is 1. The molecule has 1 aliphatic heterocycles. The predicted molar refractivity (Wildman–Crippen MR) is 93.0 cm³/mol. The summed E-state index contributed by atoms with van der Waals surface area (Å²) in [6.45, 7) is 3.45. The molecule has 6 nitrogen and oxygen atoms in total. The maximum atomic E-state index is 12.4. The van der Waals surface area contributed by atoms with E-state index in [4.69, 9.17) is 21.3 Å². The van der Waals surface area contributed by atoms with Gasteiger partial charge in [0.1, 0.15) is 5.82 Å². The van der Waals surface area contributed by atoms with E-state index in [1.807, 2.05) is 35.0 Å². The summed E-state index contributed by atoms with van der Waals surface area (Å²) in [5.41, 5.74) is 1.03. The summed E-state index contributed by atoms with van der Waals surface area (Å²) in [6.07, 6.45) is 3.63. The highest BCUT2D eigenvalue weighted by Crippen LogP contribution is 2.15. The Balaban J connectivity index is 1.72. The summed E-state index contributed by atoms with van der Waals surface area (Å²) >= 11 is 5.94. The fourth-order valence-electron chi connectivity index (χ4n) is 2.89. The van der Waals surface area contributed by atoms with Crippen molar-refractivity contribution in [2.75, 3.05) is 31.2 Å². The molecule has 0 unspecified atom stereocenters. The number of benzene rings is 1. The Labute approximate surface area is 143 Å². The molecule has 3 heterocycles. The van der Waals surface area contributed by atoms with Crippen LogP contribution in [0.2, 0.25) is 5.02 Å². The Kier molecular flexibility index (Phi) is 4.00. The van der Waals surface area contributed by atoms with Crippen LogP contribution in [0.15, 0.2) is 47.5 Å². The summed E-state index contributed by atoms with van der Waals surface area (Å²) in [7, 11) is 0. The van der Waals surface area contributed by atoms with Gasteiger partial charge in [-0.3, -0.25) is 9.20 Å². The highest BCUT2D eigenvalue weighted by molar-refractivity contribution is 6.30. The number of ether oxygens (including phenoxy) is 1. The second kappa shape index (κ2) is 6.30. The molecule has 0 bridgehead atoms. The average molecular weight is 345 g/mol. The number of hydrogen-bond donors (Lipinski definition) is 0. The van der Waals surface area contributed by atoms with E-state index >= 15 is 0 Å². The van der Waals surface area contributed by atoms with Gasteiger partial charge in [-0.25, -0.2) is 0 Å². The minimum absolute atomic E-state index is 0.0728. The molecule has 3 aromatic rings. The number of rotatable bonds is 3. The molecule has 1 aromatic carbocycles. The minimum atomic E-state index is -0.0728. The van der Waals surface area contributed by atoms with Gasteiger partial charge in [-0.1, -0.05) is 23.7 Å². The largest absolute Gasteiger partial charge is 0.378 e. The maximum absolute atomic E-state index is 12.4. The van der Waals surface area contributed by atoms with Crippen LogP contribution in [0.1, 0.15) is 5.56 Å². The lowest BCUT2D eigenvalue weighted by molar-refractivity contribution is 0.122. The molecule has 0 spiro atoms. The summed E-state index contributed by atoms with van der Waals surface area (Å²) < 4.78 is 8.90. The Bertz CT molecular complexity index is 910. The molecular weight excluding hydrogens is 328 g/mol. The number of nitrogens with zero attached hydrogens (tertiary/aromatic N) is 4. The lowest BCUT2D eigenvalue weighted by atomic mass is 10.2. The number of anilines is 1. The molecule has 0 saturated carbocycles. The second-order valence-corrected chi connectivity index (χ2v) is 6.21. The SMILES string of the molecule is O=c1cc(N2CCOCC2)nc2n(Cc3ccc(Cl)cc3)ccn12. The number of fused-ring (bicyclic) bond motifs is 1. The van der Waals surface area contributed by atoms with Gasteiger partial charge in [-0.05, 0) is 17.7 Å². The van der Waals surface area contributed by atoms with Gasteiger partial charge in [-0.15, -0.1) is 0 Å². The van der Waals surface area contributed by atoms with Crippen LogP contribution in [-0.2, 0) is 11.3 Å². The minimum Gasteiger partial charge on any atom is -0.378 e. The first-order chi connectivity index (χ1) is 11.7. The van der Waals surface area contributed by atoms with Crippen molar-refractivity contribution < 1.29 is 4.74 Å². The molecule has 0 radical (unpaired) electrons. The van der Waals surface area contributed by atoms with E-state index < -0.39 is 0 Å². The van der Waals surface area contributed by atoms with Gasteiger partial charge in [0.15, 0.2) is 0 Å². The smallest absolute Gasteiger partial charge is 0.261 e. The highest BCUT2D eigenvalue weighted by atomic mass is 35.5. The van der Waals surface area contributed by atoms with Crippen molar-refractivity contribution in [2.24, 2.45) is 0 Å². The molecule has 124 valence electrons. The Morgan fingerprint density at radius 3 is 2.62 bits per heavy atom. The summed E-state index contributed by atoms with van der Waals surface area (Å²) in [5, 5.41) is 0.708. The van der Waals surface area contributed by atoms with Crippen molar-refractivity contribution in [2.45, 2.75) is 6.54 Å². The van der Waals surface area contributed by atoms with E-state index in [1.165, 1.54) is 0 Å². The van der Waals surface area contributed by atoms with Crippen LogP contribution < -0.4 is 10.5 Å². The van der Waals surface area contributed by atoms with Gasteiger partial charge < -0.3 is 14.2 Å². The highest BCUT2D eigenvalue weighted by Gasteiger charge is 2.15. The molecule has 0 aliphatic carbocycles. The topological polar surface area (TPSA) is 51.8 Å². The van der Waals surface area contributed by atoms with Crippen LogP contribution >= 0.6 is 11.6 Å². The quantitative estimate of drug-likeness (QED) is 0.729. The third kappa shape index (κ3) is 2.90. The molecule has 1 aliphatic rings. The number of imidazole rings is 1. The normalized spacial score (nSPS) is 15.1. The third-order valence-corrected chi connectivity index (χ3v) is 4.43. The standard InChI is InChI=1S/C17H17ClN4O2/c18-14-3-1-13(2-4-14)12-21-5-6-22-16(23)11-15(19-17(21)22)20-7-9-24-10-8-20/h1-6,11H,7-10,12H2. The summed E-state index contributed by atoms with van der Waals surface area (Å²) in [6, 6.07) is 9.26. The van der Waals surface area contributed by atoms with Crippen molar-refractivity contribution in [3.05, 3.63) is 63.7 Å². The molecule has 7 heteroatoms. The molecule has 0 atom stereocenters. The van der Waals surface area contributed by atoms with Crippen molar-refractivity contribution >= 4 is 23.2 Å². The molecule has 2 aromatic heterocycles. The Hall–Kier alpha value is -2.31. The van der Waals surface area contributed by atoms with E-state index in [2.05, 4.69) is 4.90 Å². The van der Waals surface area contributed by atoms with Crippen LogP contribution in [0, 0.1) is 0 Å². The fourth-order valence-corrected chi connectivity index (χ4v) is 3.01. The van der Waals surface area contributed by atoms with Gasteiger partial charge in [0.25, 0.3) is 5.56 Å². The molecule has 4 rings (SSSR count). The first-order valence-electron chi connectivity index (χ1n) is 7.86. The predicted octanol–water partition coefficient (Wildman–Crippen LogP) is 2.03. The molecule has 0 amide bonds. The number of aromatic nitrogens is 3. The van der Waals surface area contributed by atoms with Crippen molar-refractivity contribution in [1.82, 2.24) is 14.0 Å². The van der Waals surface area contributed by atoms with Gasteiger partial charge in [-0.2, -0.15) is 4.98 Å². The molecule has 1 fully saturated rings. The van der Waals surface area contributed by atoms with Crippen LogP contribution in [0.25, 0.3) is 5.78 Å².